The number of aromatic nitrogens is 1. The lowest BCUT2D eigenvalue weighted by Crippen LogP contribution is -2.23. The number of hydrogen-bond donors (Lipinski definition) is 1. The molecule has 3 aromatic carbocycles. The molecule has 0 atom stereocenters. The summed E-state index contributed by atoms with van der Waals surface area (Å²) in [5, 5.41) is 7.02. The normalized spacial score (nSPS) is 10.7. The summed E-state index contributed by atoms with van der Waals surface area (Å²) in [6, 6.07) is 23.0. The van der Waals surface area contributed by atoms with Crippen LogP contribution in [-0.4, -0.2) is 17.6 Å². The predicted molar refractivity (Wildman–Crippen MR) is 134 cm³/mol. The summed E-state index contributed by atoms with van der Waals surface area (Å²) in [6.07, 6.45) is 0. The Bertz CT molecular complexity index is 1260. The number of hydrogen-bond acceptors (Lipinski definition) is 5. The van der Waals surface area contributed by atoms with Gasteiger partial charge in [0.2, 0.25) is 0 Å². The zero-order chi connectivity index (χ0) is 23.9. The number of rotatable bonds is 9. The Balaban J connectivity index is 1.68. The Morgan fingerprint density at radius 2 is 1.56 bits per heavy atom. The maximum Gasteiger partial charge on any atom is 0.274 e. The summed E-state index contributed by atoms with van der Waals surface area (Å²) < 4.78 is 18.1. The summed E-state index contributed by atoms with van der Waals surface area (Å²) >= 11 is 10.0. The molecule has 0 bridgehead atoms. The van der Waals surface area contributed by atoms with E-state index in [1.165, 1.54) is 0 Å². The highest BCUT2D eigenvalue weighted by Gasteiger charge is 2.24. The highest BCUT2D eigenvalue weighted by molar-refractivity contribution is 9.10. The van der Waals surface area contributed by atoms with E-state index in [1.54, 1.807) is 12.1 Å². The van der Waals surface area contributed by atoms with Gasteiger partial charge >= 0.3 is 0 Å². The largest absolute Gasteiger partial charge is 0.488 e. The Kier molecular flexibility index (Phi) is 7.87. The van der Waals surface area contributed by atoms with Gasteiger partial charge < -0.3 is 19.3 Å². The summed E-state index contributed by atoms with van der Waals surface area (Å²) in [4.78, 5) is 12.3. The lowest BCUT2D eigenvalue weighted by molar-refractivity contribution is 0.0946. The van der Waals surface area contributed by atoms with Crippen molar-refractivity contribution < 1.29 is 18.8 Å². The smallest absolute Gasteiger partial charge is 0.274 e. The van der Waals surface area contributed by atoms with Gasteiger partial charge in [0.15, 0.2) is 11.5 Å². The summed E-state index contributed by atoms with van der Waals surface area (Å²) in [7, 11) is 0. The zero-order valence-electron chi connectivity index (χ0n) is 18.4. The molecule has 0 fully saturated rings. The van der Waals surface area contributed by atoms with E-state index in [1.807, 2.05) is 67.6 Å². The third-order valence-corrected chi connectivity index (χ3v) is 5.97. The Morgan fingerprint density at radius 3 is 2.15 bits per heavy atom. The van der Waals surface area contributed by atoms with Crippen LogP contribution in [0.15, 0.2) is 81.8 Å². The van der Waals surface area contributed by atoms with Crippen molar-refractivity contribution in [1.82, 2.24) is 10.5 Å². The molecule has 0 unspecified atom stereocenters. The predicted octanol–water partition coefficient (Wildman–Crippen LogP) is 6.67. The van der Waals surface area contributed by atoms with Crippen LogP contribution in [0.2, 0.25) is 5.02 Å². The van der Waals surface area contributed by atoms with Crippen molar-refractivity contribution >= 4 is 33.4 Å². The minimum absolute atomic E-state index is 0.145. The molecule has 1 amide bonds. The molecule has 4 aromatic rings. The molecule has 0 aliphatic heterocycles. The number of carbonyl (C=O) groups is 1. The monoisotopic (exact) mass is 540 g/mol. The fourth-order valence-electron chi connectivity index (χ4n) is 3.24. The van der Waals surface area contributed by atoms with Gasteiger partial charge in [0.1, 0.15) is 24.7 Å². The first-order valence-corrected chi connectivity index (χ1v) is 11.8. The van der Waals surface area contributed by atoms with Crippen LogP contribution in [0.5, 0.6) is 11.5 Å². The van der Waals surface area contributed by atoms with Crippen LogP contribution in [0, 0.1) is 0 Å². The second kappa shape index (κ2) is 11.2. The van der Waals surface area contributed by atoms with E-state index in [2.05, 4.69) is 26.4 Å². The number of benzene rings is 3. The van der Waals surface area contributed by atoms with Crippen LogP contribution in [0.1, 0.15) is 28.5 Å². The van der Waals surface area contributed by atoms with Crippen LogP contribution in [-0.2, 0) is 13.2 Å². The first-order chi connectivity index (χ1) is 16.6. The third-order valence-electron chi connectivity index (χ3n) is 4.94. The average Bonchev–Trinajstić information content (AvgIpc) is 3.25. The van der Waals surface area contributed by atoms with E-state index < -0.39 is 0 Å². The fourth-order valence-corrected chi connectivity index (χ4v) is 4.00. The second-order valence-electron chi connectivity index (χ2n) is 7.36. The molecule has 0 aliphatic carbocycles. The van der Waals surface area contributed by atoms with Gasteiger partial charge in [-0.05, 0) is 40.0 Å². The molecule has 0 saturated heterocycles. The van der Waals surface area contributed by atoms with E-state index in [9.17, 15) is 4.79 Å². The van der Waals surface area contributed by atoms with E-state index in [-0.39, 0.29) is 11.6 Å². The van der Waals surface area contributed by atoms with Crippen LogP contribution < -0.4 is 14.8 Å². The number of nitrogens with zero attached hydrogens (tertiary/aromatic N) is 1. The van der Waals surface area contributed by atoms with Crippen LogP contribution in [0.3, 0.4) is 0 Å². The Morgan fingerprint density at radius 1 is 0.971 bits per heavy atom. The van der Waals surface area contributed by atoms with Crippen molar-refractivity contribution in [3.63, 3.8) is 0 Å². The van der Waals surface area contributed by atoms with Gasteiger partial charge in [0.05, 0.1) is 15.1 Å². The highest BCUT2D eigenvalue weighted by atomic mass is 79.9. The molecule has 1 heterocycles. The summed E-state index contributed by atoms with van der Waals surface area (Å²) in [5.74, 6) is 0.943. The standard InChI is InChI=1S/C26H22BrClN2O4/c1-2-29-26(31)24-23(27)25(34-30-24)19-13-20(28)22(33-16-18-11-7-4-8-12-18)14-21(19)32-15-17-9-5-3-6-10-17/h3-14H,2,15-16H2,1H3,(H,29,31). The SMILES string of the molecule is CCNC(=O)c1noc(-c2cc(Cl)c(OCc3ccccc3)cc2OCc2ccccc2)c1Br. The van der Waals surface area contributed by atoms with Crippen molar-refractivity contribution in [1.29, 1.82) is 0 Å². The zero-order valence-corrected chi connectivity index (χ0v) is 20.7. The number of ether oxygens (including phenoxy) is 2. The Labute approximate surface area is 211 Å². The highest BCUT2D eigenvalue weighted by Crippen LogP contribution is 2.42. The van der Waals surface area contributed by atoms with Crippen molar-refractivity contribution in [2.45, 2.75) is 20.1 Å². The molecule has 4 rings (SSSR count). The molecule has 1 N–H and O–H groups in total. The Hall–Kier alpha value is -3.29. The second-order valence-corrected chi connectivity index (χ2v) is 8.56. The van der Waals surface area contributed by atoms with Crippen molar-refractivity contribution in [3.8, 4) is 22.8 Å². The molecule has 34 heavy (non-hydrogen) atoms. The first kappa shape index (κ1) is 23.9. The lowest BCUT2D eigenvalue weighted by atomic mass is 10.1. The molecular formula is C26H22BrClN2O4. The fraction of sp³-hybridized carbons (Fsp3) is 0.154. The number of amides is 1. The molecule has 0 aliphatic rings. The quantitative estimate of drug-likeness (QED) is 0.256. The molecular weight excluding hydrogens is 520 g/mol. The van der Waals surface area contributed by atoms with E-state index in [4.69, 9.17) is 25.6 Å². The number of carbonyl (C=O) groups excluding carboxylic acids is 1. The van der Waals surface area contributed by atoms with Crippen molar-refractivity contribution in [2.75, 3.05) is 6.54 Å². The van der Waals surface area contributed by atoms with Crippen molar-refractivity contribution in [3.05, 3.63) is 99.1 Å². The van der Waals surface area contributed by atoms with Gasteiger partial charge in [-0.3, -0.25) is 4.79 Å². The third kappa shape index (κ3) is 5.61. The van der Waals surface area contributed by atoms with E-state index in [0.717, 1.165) is 11.1 Å². The molecule has 1 aromatic heterocycles. The van der Waals surface area contributed by atoms with E-state index >= 15 is 0 Å². The van der Waals surface area contributed by atoms with Crippen LogP contribution in [0.4, 0.5) is 0 Å². The molecule has 6 nitrogen and oxygen atoms in total. The first-order valence-electron chi connectivity index (χ1n) is 10.7. The van der Waals surface area contributed by atoms with Crippen LogP contribution in [0.25, 0.3) is 11.3 Å². The maximum atomic E-state index is 12.3. The van der Waals surface area contributed by atoms with Crippen LogP contribution >= 0.6 is 27.5 Å². The topological polar surface area (TPSA) is 73.6 Å². The number of nitrogens with one attached hydrogen (secondary N) is 1. The van der Waals surface area contributed by atoms with Gasteiger partial charge in [-0.2, -0.15) is 0 Å². The lowest BCUT2D eigenvalue weighted by Gasteiger charge is -2.15. The van der Waals surface area contributed by atoms with Crippen molar-refractivity contribution in [2.24, 2.45) is 0 Å². The molecule has 8 heteroatoms. The maximum absolute atomic E-state index is 12.3. The molecule has 174 valence electrons. The minimum atomic E-state index is -0.343. The minimum Gasteiger partial charge on any atom is -0.488 e. The number of halogens is 2. The molecule has 0 radical (unpaired) electrons. The summed E-state index contributed by atoms with van der Waals surface area (Å²) in [5.41, 5.74) is 2.70. The van der Waals surface area contributed by atoms with Gasteiger partial charge in [-0.15, -0.1) is 0 Å². The van der Waals surface area contributed by atoms with Gasteiger partial charge in [-0.25, -0.2) is 0 Å². The molecule has 0 saturated carbocycles. The van der Waals surface area contributed by atoms with Gasteiger partial charge in [-0.1, -0.05) is 77.4 Å². The van der Waals surface area contributed by atoms with E-state index in [0.29, 0.717) is 52.1 Å². The average molecular weight is 542 g/mol. The van der Waals surface area contributed by atoms with Gasteiger partial charge in [0.25, 0.3) is 5.91 Å². The van der Waals surface area contributed by atoms with Gasteiger partial charge in [0, 0.05) is 12.6 Å². The molecule has 0 spiro atoms. The summed E-state index contributed by atoms with van der Waals surface area (Å²) in [6.45, 7) is 2.97.